The van der Waals surface area contributed by atoms with Crippen LogP contribution in [0.15, 0.2) is 23.3 Å². The highest BCUT2D eigenvalue weighted by atomic mass is 35.5. The SMILES string of the molecule is CCNC(=NCC1CC1)NC1CCN(c2ncccc2Cl)C1. The number of anilines is 1. The molecule has 22 heavy (non-hydrogen) atoms. The zero-order valence-electron chi connectivity index (χ0n) is 13.1. The maximum absolute atomic E-state index is 6.24. The molecule has 3 rings (SSSR count). The standard InChI is InChI=1S/C16H24ClN5/c1-2-18-16(20-10-12-5-6-12)21-13-7-9-22(11-13)15-14(17)4-3-8-19-15/h3-4,8,12-13H,2,5-7,9-11H2,1H3,(H2,18,20,21). The summed E-state index contributed by atoms with van der Waals surface area (Å²) in [4.78, 5) is 11.3. The van der Waals surface area contributed by atoms with E-state index in [1.165, 1.54) is 12.8 Å². The molecule has 0 spiro atoms. The number of nitrogens with one attached hydrogen (secondary N) is 2. The zero-order chi connectivity index (χ0) is 15.4. The van der Waals surface area contributed by atoms with Crippen molar-refractivity contribution < 1.29 is 0 Å². The van der Waals surface area contributed by atoms with Crippen molar-refractivity contribution in [2.45, 2.75) is 32.2 Å². The minimum absolute atomic E-state index is 0.384. The molecule has 1 aliphatic carbocycles. The van der Waals surface area contributed by atoms with Crippen molar-refractivity contribution in [3.8, 4) is 0 Å². The lowest BCUT2D eigenvalue weighted by atomic mass is 10.3. The highest BCUT2D eigenvalue weighted by Gasteiger charge is 2.26. The average Bonchev–Trinajstić information content (AvgIpc) is 3.24. The fraction of sp³-hybridized carbons (Fsp3) is 0.625. The third-order valence-electron chi connectivity index (χ3n) is 4.12. The fourth-order valence-electron chi connectivity index (χ4n) is 2.71. The third kappa shape index (κ3) is 4.03. The van der Waals surface area contributed by atoms with Crippen LogP contribution in [-0.4, -0.2) is 43.2 Å². The van der Waals surface area contributed by atoms with Crippen LogP contribution < -0.4 is 15.5 Å². The van der Waals surface area contributed by atoms with Gasteiger partial charge in [0.05, 0.1) is 5.02 Å². The number of guanidine groups is 1. The Morgan fingerprint density at radius 3 is 3.05 bits per heavy atom. The first kappa shape index (κ1) is 15.4. The van der Waals surface area contributed by atoms with Gasteiger partial charge in [-0.15, -0.1) is 0 Å². The molecule has 2 fully saturated rings. The summed E-state index contributed by atoms with van der Waals surface area (Å²) in [5.41, 5.74) is 0. The van der Waals surface area contributed by atoms with Gasteiger partial charge in [-0.05, 0) is 44.2 Å². The van der Waals surface area contributed by atoms with E-state index < -0.39 is 0 Å². The monoisotopic (exact) mass is 321 g/mol. The molecule has 1 aliphatic heterocycles. The van der Waals surface area contributed by atoms with Gasteiger partial charge in [0, 0.05) is 38.4 Å². The van der Waals surface area contributed by atoms with Gasteiger partial charge in [0.25, 0.3) is 0 Å². The summed E-state index contributed by atoms with van der Waals surface area (Å²) in [7, 11) is 0. The molecule has 1 aromatic heterocycles. The van der Waals surface area contributed by atoms with Crippen molar-refractivity contribution in [1.82, 2.24) is 15.6 Å². The second-order valence-corrected chi connectivity index (χ2v) is 6.45. The van der Waals surface area contributed by atoms with Gasteiger partial charge in [0.2, 0.25) is 0 Å². The summed E-state index contributed by atoms with van der Waals surface area (Å²) < 4.78 is 0. The Morgan fingerprint density at radius 1 is 1.45 bits per heavy atom. The first-order chi connectivity index (χ1) is 10.8. The van der Waals surface area contributed by atoms with Gasteiger partial charge in [-0.2, -0.15) is 0 Å². The van der Waals surface area contributed by atoms with Crippen molar-refractivity contribution in [2.75, 3.05) is 31.1 Å². The normalized spacial score (nSPS) is 22.0. The molecular formula is C16H24ClN5. The van der Waals surface area contributed by atoms with E-state index in [1.807, 2.05) is 12.1 Å². The molecule has 0 amide bonds. The predicted molar refractivity (Wildman–Crippen MR) is 91.7 cm³/mol. The van der Waals surface area contributed by atoms with Gasteiger partial charge in [0.15, 0.2) is 5.96 Å². The van der Waals surface area contributed by atoms with Crippen LogP contribution >= 0.6 is 11.6 Å². The van der Waals surface area contributed by atoms with Gasteiger partial charge >= 0.3 is 0 Å². The predicted octanol–water partition coefficient (Wildman–Crippen LogP) is 2.28. The summed E-state index contributed by atoms with van der Waals surface area (Å²) in [6, 6.07) is 4.15. The van der Waals surface area contributed by atoms with Crippen LogP contribution in [0.25, 0.3) is 0 Å². The number of hydrogen-bond acceptors (Lipinski definition) is 3. The Labute approximate surface area is 137 Å². The molecular weight excluding hydrogens is 298 g/mol. The molecule has 1 atom stereocenters. The van der Waals surface area contributed by atoms with E-state index in [1.54, 1.807) is 6.20 Å². The van der Waals surface area contributed by atoms with Gasteiger partial charge in [-0.25, -0.2) is 4.98 Å². The Morgan fingerprint density at radius 2 is 2.32 bits per heavy atom. The van der Waals surface area contributed by atoms with E-state index >= 15 is 0 Å². The molecule has 6 heteroatoms. The Kier molecular flexibility index (Phi) is 5.03. The van der Waals surface area contributed by atoms with Crippen LogP contribution in [0.4, 0.5) is 5.82 Å². The van der Waals surface area contributed by atoms with Crippen LogP contribution in [0.3, 0.4) is 0 Å². The number of halogens is 1. The Bertz CT molecular complexity index is 529. The Balaban J connectivity index is 1.57. The van der Waals surface area contributed by atoms with E-state index in [4.69, 9.17) is 11.6 Å². The van der Waals surface area contributed by atoms with Gasteiger partial charge in [-0.1, -0.05) is 11.6 Å². The maximum atomic E-state index is 6.24. The molecule has 1 aromatic rings. The average molecular weight is 322 g/mol. The second kappa shape index (κ2) is 7.18. The third-order valence-corrected chi connectivity index (χ3v) is 4.41. The second-order valence-electron chi connectivity index (χ2n) is 6.05. The summed E-state index contributed by atoms with van der Waals surface area (Å²) in [5.74, 6) is 2.63. The summed E-state index contributed by atoms with van der Waals surface area (Å²) >= 11 is 6.24. The van der Waals surface area contributed by atoms with Crippen molar-refractivity contribution in [2.24, 2.45) is 10.9 Å². The first-order valence-corrected chi connectivity index (χ1v) is 8.54. The van der Waals surface area contributed by atoms with E-state index in [-0.39, 0.29) is 0 Å². The molecule has 2 N–H and O–H groups in total. The van der Waals surface area contributed by atoms with Crippen molar-refractivity contribution in [3.63, 3.8) is 0 Å². The summed E-state index contributed by atoms with van der Waals surface area (Å²) in [6.07, 6.45) is 5.53. The highest BCUT2D eigenvalue weighted by Crippen LogP contribution is 2.29. The zero-order valence-corrected chi connectivity index (χ0v) is 13.8. The number of pyridine rings is 1. The number of aliphatic imine (C=N–C) groups is 1. The Hall–Kier alpha value is -1.49. The van der Waals surface area contributed by atoms with Crippen LogP contribution in [0.5, 0.6) is 0 Å². The maximum Gasteiger partial charge on any atom is 0.191 e. The molecule has 2 heterocycles. The van der Waals surface area contributed by atoms with Crippen molar-refractivity contribution in [3.05, 3.63) is 23.4 Å². The van der Waals surface area contributed by atoms with E-state index in [0.29, 0.717) is 6.04 Å². The van der Waals surface area contributed by atoms with Crippen LogP contribution in [0.1, 0.15) is 26.2 Å². The fourth-order valence-corrected chi connectivity index (χ4v) is 2.96. The molecule has 0 bridgehead atoms. The minimum atomic E-state index is 0.384. The first-order valence-electron chi connectivity index (χ1n) is 8.16. The number of hydrogen-bond donors (Lipinski definition) is 2. The topological polar surface area (TPSA) is 52.6 Å². The minimum Gasteiger partial charge on any atom is -0.357 e. The molecule has 1 unspecified atom stereocenters. The lowest BCUT2D eigenvalue weighted by molar-refractivity contribution is 0.646. The smallest absolute Gasteiger partial charge is 0.191 e. The number of aromatic nitrogens is 1. The summed E-state index contributed by atoms with van der Waals surface area (Å²) in [5, 5.41) is 7.60. The summed E-state index contributed by atoms with van der Waals surface area (Å²) in [6.45, 7) is 5.81. The molecule has 1 saturated carbocycles. The highest BCUT2D eigenvalue weighted by molar-refractivity contribution is 6.32. The number of nitrogens with zero attached hydrogens (tertiary/aromatic N) is 3. The van der Waals surface area contributed by atoms with Gasteiger partial charge in [0.1, 0.15) is 5.82 Å². The van der Waals surface area contributed by atoms with Crippen molar-refractivity contribution >= 4 is 23.4 Å². The lowest BCUT2D eigenvalue weighted by Crippen LogP contribution is -2.44. The molecule has 5 nitrogen and oxygen atoms in total. The van der Waals surface area contributed by atoms with Crippen molar-refractivity contribution in [1.29, 1.82) is 0 Å². The van der Waals surface area contributed by atoms with Gasteiger partial charge < -0.3 is 15.5 Å². The van der Waals surface area contributed by atoms with Crippen LogP contribution in [0, 0.1) is 5.92 Å². The van der Waals surface area contributed by atoms with E-state index in [9.17, 15) is 0 Å². The van der Waals surface area contributed by atoms with E-state index in [0.717, 1.165) is 55.3 Å². The largest absolute Gasteiger partial charge is 0.357 e. The van der Waals surface area contributed by atoms with Crippen LogP contribution in [-0.2, 0) is 0 Å². The molecule has 0 aromatic carbocycles. The number of rotatable bonds is 5. The molecule has 1 saturated heterocycles. The van der Waals surface area contributed by atoms with E-state index in [2.05, 4.69) is 32.4 Å². The molecule has 2 aliphatic rings. The lowest BCUT2D eigenvalue weighted by Gasteiger charge is -2.20. The quantitative estimate of drug-likeness (QED) is 0.645. The molecule has 0 radical (unpaired) electrons. The molecule has 120 valence electrons. The van der Waals surface area contributed by atoms with Gasteiger partial charge in [-0.3, -0.25) is 4.99 Å². The van der Waals surface area contributed by atoms with Crippen LogP contribution in [0.2, 0.25) is 5.02 Å².